The van der Waals surface area contributed by atoms with Crippen molar-refractivity contribution in [3.05, 3.63) is 0 Å². The lowest BCUT2D eigenvalue weighted by molar-refractivity contribution is -0.188. The van der Waals surface area contributed by atoms with Crippen LogP contribution in [0.5, 0.6) is 0 Å². The molecular weight excluding hydrogens is 310 g/mol. The predicted octanol–water partition coefficient (Wildman–Crippen LogP) is 0.258. The van der Waals surface area contributed by atoms with Gasteiger partial charge in [0.1, 0.15) is 6.61 Å². The molecule has 0 aliphatic heterocycles. The van der Waals surface area contributed by atoms with Crippen molar-refractivity contribution < 1.29 is 38.1 Å². The highest BCUT2D eigenvalue weighted by Crippen LogP contribution is 2.17. The Morgan fingerprint density at radius 2 is 1.30 bits per heavy atom. The maximum Gasteiger partial charge on any atom is 0.303 e. The summed E-state index contributed by atoms with van der Waals surface area (Å²) >= 11 is 0. The van der Waals surface area contributed by atoms with E-state index in [4.69, 9.17) is 24.2 Å². The first-order chi connectivity index (χ1) is 10.7. The van der Waals surface area contributed by atoms with Crippen molar-refractivity contribution in [2.24, 2.45) is 0 Å². The van der Waals surface area contributed by atoms with Gasteiger partial charge in [-0.25, -0.2) is 0 Å². The number of nitrogens with zero attached hydrogens (tertiary/aromatic N) is 1. The molecule has 0 saturated heterocycles. The largest absolute Gasteiger partial charge is 0.462 e. The van der Waals surface area contributed by atoms with Crippen LogP contribution in [0.3, 0.4) is 0 Å². The van der Waals surface area contributed by atoms with Gasteiger partial charge in [-0.3, -0.25) is 19.2 Å². The van der Waals surface area contributed by atoms with Gasteiger partial charge in [-0.05, 0) is 0 Å². The Morgan fingerprint density at radius 1 is 0.826 bits per heavy atom. The van der Waals surface area contributed by atoms with Crippen molar-refractivity contribution in [1.82, 2.24) is 0 Å². The molecule has 0 fully saturated rings. The highest BCUT2D eigenvalue weighted by molar-refractivity contribution is 5.68. The molecule has 3 atom stereocenters. The smallest absolute Gasteiger partial charge is 0.303 e. The number of rotatable bonds is 8. The molecule has 0 amide bonds. The fourth-order valence-electron chi connectivity index (χ4n) is 1.72. The zero-order valence-corrected chi connectivity index (χ0v) is 13.4. The summed E-state index contributed by atoms with van der Waals surface area (Å²) in [6, 6.07) is 1.78. The van der Waals surface area contributed by atoms with Crippen molar-refractivity contribution in [2.45, 2.75) is 52.4 Å². The van der Waals surface area contributed by atoms with Crippen LogP contribution in [0.2, 0.25) is 0 Å². The second-order valence-corrected chi connectivity index (χ2v) is 4.53. The Kier molecular flexibility index (Phi) is 8.99. The van der Waals surface area contributed by atoms with E-state index in [1.54, 1.807) is 6.07 Å². The number of esters is 4. The molecule has 0 radical (unpaired) electrons. The summed E-state index contributed by atoms with van der Waals surface area (Å²) in [7, 11) is 0. The Morgan fingerprint density at radius 3 is 1.70 bits per heavy atom. The van der Waals surface area contributed by atoms with Crippen molar-refractivity contribution in [3.63, 3.8) is 0 Å². The van der Waals surface area contributed by atoms with E-state index < -0.39 is 48.8 Å². The predicted molar refractivity (Wildman–Crippen MR) is 73.5 cm³/mol. The third-order valence-electron chi connectivity index (χ3n) is 2.41. The fourth-order valence-corrected chi connectivity index (χ4v) is 1.72. The normalized spacial score (nSPS) is 13.7. The van der Waals surface area contributed by atoms with Gasteiger partial charge in [-0.1, -0.05) is 0 Å². The van der Waals surface area contributed by atoms with E-state index in [0.717, 1.165) is 27.7 Å². The first-order valence-corrected chi connectivity index (χ1v) is 6.69. The molecule has 0 N–H and O–H groups in total. The molecule has 0 aromatic rings. The molecule has 9 nitrogen and oxygen atoms in total. The monoisotopic (exact) mass is 329 g/mol. The van der Waals surface area contributed by atoms with Gasteiger partial charge in [0, 0.05) is 27.7 Å². The quantitative estimate of drug-likeness (QED) is 0.454. The van der Waals surface area contributed by atoms with Crippen LogP contribution in [0.25, 0.3) is 0 Å². The molecule has 0 bridgehead atoms. The molecule has 0 heterocycles. The fraction of sp³-hybridized carbons (Fsp3) is 0.643. The second kappa shape index (κ2) is 10.2. The number of ether oxygens (including phenoxy) is 4. The highest BCUT2D eigenvalue weighted by Gasteiger charge is 2.37. The zero-order chi connectivity index (χ0) is 18.0. The first-order valence-electron chi connectivity index (χ1n) is 6.69. The lowest BCUT2D eigenvalue weighted by atomic mass is 10.1. The Labute approximate surface area is 133 Å². The Hall–Kier alpha value is -2.63. The Bertz CT molecular complexity index is 495. The number of hydrogen-bond acceptors (Lipinski definition) is 9. The summed E-state index contributed by atoms with van der Waals surface area (Å²) in [5, 5.41) is 8.84. The standard InChI is InChI=1S/C14H19NO8/c1-8(16)20-7-13(22-10(3)18)14(23-11(4)19)12(5-6-15)21-9(2)17/h12-14H,5,7H2,1-4H3/t12-,13-,14+/m1/s1. The molecule has 0 aliphatic carbocycles. The number of nitriles is 1. The molecule has 0 aromatic heterocycles. The van der Waals surface area contributed by atoms with Gasteiger partial charge in [0.15, 0.2) is 18.3 Å². The molecule has 128 valence electrons. The number of carbonyl (C=O) groups is 4. The molecular formula is C14H19NO8. The molecule has 23 heavy (non-hydrogen) atoms. The zero-order valence-electron chi connectivity index (χ0n) is 13.4. The molecule has 0 aliphatic rings. The van der Waals surface area contributed by atoms with E-state index in [2.05, 4.69) is 0 Å². The molecule has 0 spiro atoms. The van der Waals surface area contributed by atoms with E-state index in [0.29, 0.717) is 0 Å². The number of carbonyl (C=O) groups excluding carboxylic acids is 4. The van der Waals surface area contributed by atoms with Gasteiger partial charge in [0.2, 0.25) is 0 Å². The van der Waals surface area contributed by atoms with Gasteiger partial charge >= 0.3 is 23.9 Å². The minimum absolute atomic E-state index is 0.310. The minimum Gasteiger partial charge on any atom is -0.462 e. The van der Waals surface area contributed by atoms with Crippen molar-refractivity contribution >= 4 is 23.9 Å². The molecule has 0 unspecified atom stereocenters. The van der Waals surface area contributed by atoms with E-state index in [-0.39, 0.29) is 6.42 Å². The minimum atomic E-state index is -1.29. The third kappa shape index (κ3) is 9.08. The van der Waals surface area contributed by atoms with Gasteiger partial charge in [-0.15, -0.1) is 0 Å². The summed E-state index contributed by atoms with van der Waals surface area (Å²) in [5.74, 6) is -2.83. The summed E-state index contributed by atoms with van der Waals surface area (Å²) in [5.41, 5.74) is 0. The summed E-state index contributed by atoms with van der Waals surface area (Å²) in [4.78, 5) is 44.6. The van der Waals surface area contributed by atoms with E-state index in [1.165, 1.54) is 0 Å². The van der Waals surface area contributed by atoms with Crippen LogP contribution in [0.4, 0.5) is 0 Å². The topological polar surface area (TPSA) is 129 Å². The first kappa shape index (κ1) is 20.4. The van der Waals surface area contributed by atoms with Crippen molar-refractivity contribution in [1.29, 1.82) is 5.26 Å². The third-order valence-corrected chi connectivity index (χ3v) is 2.41. The van der Waals surface area contributed by atoms with Crippen molar-refractivity contribution in [3.8, 4) is 6.07 Å². The molecule has 0 saturated carbocycles. The maximum absolute atomic E-state index is 11.3. The van der Waals surface area contributed by atoms with E-state index in [1.807, 2.05) is 0 Å². The van der Waals surface area contributed by atoms with Gasteiger partial charge < -0.3 is 18.9 Å². The number of hydrogen-bond donors (Lipinski definition) is 0. The van der Waals surface area contributed by atoms with Crippen LogP contribution in [0, 0.1) is 11.3 Å². The van der Waals surface area contributed by atoms with Crippen LogP contribution in [-0.2, 0) is 38.1 Å². The van der Waals surface area contributed by atoms with Crippen LogP contribution >= 0.6 is 0 Å². The molecule has 0 aromatic carbocycles. The second-order valence-electron chi connectivity index (χ2n) is 4.53. The molecule has 0 rings (SSSR count). The average Bonchev–Trinajstić information content (AvgIpc) is 2.39. The van der Waals surface area contributed by atoms with Gasteiger partial charge in [0.05, 0.1) is 12.5 Å². The van der Waals surface area contributed by atoms with Crippen LogP contribution in [0.15, 0.2) is 0 Å². The lowest BCUT2D eigenvalue weighted by Crippen LogP contribution is -2.47. The van der Waals surface area contributed by atoms with Gasteiger partial charge in [0.25, 0.3) is 0 Å². The maximum atomic E-state index is 11.3. The SMILES string of the molecule is CC(=O)OC[C@@H](OC(C)=O)[C@@H](OC(C)=O)[C@@H](CC#N)OC(C)=O. The van der Waals surface area contributed by atoms with Crippen LogP contribution < -0.4 is 0 Å². The summed E-state index contributed by atoms with van der Waals surface area (Å²) < 4.78 is 19.7. The molecule has 9 heteroatoms. The van der Waals surface area contributed by atoms with E-state index in [9.17, 15) is 19.2 Å². The van der Waals surface area contributed by atoms with Gasteiger partial charge in [-0.2, -0.15) is 5.26 Å². The van der Waals surface area contributed by atoms with Crippen molar-refractivity contribution in [2.75, 3.05) is 6.61 Å². The Balaban J connectivity index is 5.46. The van der Waals surface area contributed by atoms with Crippen LogP contribution in [-0.4, -0.2) is 48.8 Å². The summed E-state index contributed by atoms with van der Waals surface area (Å²) in [6.45, 7) is 4.04. The van der Waals surface area contributed by atoms with Crippen LogP contribution in [0.1, 0.15) is 34.1 Å². The lowest BCUT2D eigenvalue weighted by Gasteiger charge is -2.30. The van der Waals surface area contributed by atoms with E-state index >= 15 is 0 Å². The average molecular weight is 329 g/mol. The highest BCUT2D eigenvalue weighted by atomic mass is 16.6. The summed E-state index contributed by atoms with van der Waals surface area (Å²) in [6.07, 6.45) is -4.01.